The lowest BCUT2D eigenvalue weighted by Gasteiger charge is -2.37. The van der Waals surface area contributed by atoms with Crippen molar-refractivity contribution in [3.05, 3.63) is 0 Å². The largest absolute Gasteiger partial charge is 0.378 e. The average molecular weight is 296 g/mol. The maximum Gasteiger partial charge on any atom is 0.0576 e. The molecule has 2 nitrogen and oxygen atoms in total. The zero-order valence-electron chi connectivity index (χ0n) is 14.6. The fourth-order valence-electron chi connectivity index (χ4n) is 4.28. The Morgan fingerprint density at radius 3 is 2.62 bits per heavy atom. The van der Waals surface area contributed by atoms with Gasteiger partial charge in [-0.15, -0.1) is 0 Å². The molecule has 21 heavy (non-hydrogen) atoms. The third-order valence-corrected chi connectivity index (χ3v) is 5.74. The normalized spacial score (nSPS) is 33.7. The lowest BCUT2D eigenvalue weighted by Crippen LogP contribution is -2.36. The first-order valence-electron chi connectivity index (χ1n) is 9.54. The third kappa shape index (κ3) is 5.90. The molecule has 0 radical (unpaired) electrons. The van der Waals surface area contributed by atoms with Crippen LogP contribution in [-0.2, 0) is 4.74 Å². The van der Waals surface area contributed by atoms with Crippen molar-refractivity contribution in [1.29, 1.82) is 0 Å². The van der Waals surface area contributed by atoms with Crippen molar-refractivity contribution in [3.63, 3.8) is 0 Å². The van der Waals surface area contributed by atoms with Crippen molar-refractivity contribution in [1.82, 2.24) is 5.32 Å². The van der Waals surface area contributed by atoms with E-state index >= 15 is 0 Å². The zero-order valence-corrected chi connectivity index (χ0v) is 14.6. The van der Waals surface area contributed by atoms with Gasteiger partial charge in [0.1, 0.15) is 0 Å². The van der Waals surface area contributed by atoms with Crippen LogP contribution in [0.3, 0.4) is 0 Å². The van der Waals surface area contributed by atoms with Crippen molar-refractivity contribution in [2.45, 2.75) is 90.7 Å². The van der Waals surface area contributed by atoms with E-state index in [4.69, 9.17) is 4.74 Å². The van der Waals surface area contributed by atoms with Crippen LogP contribution in [0.15, 0.2) is 0 Å². The van der Waals surface area contributed by atoms with Crippen LogP contribution in [0, 0.1) is 17.8 Å². The highest BCUT2D eigenvalue weighted by molar-refractivity contribution is 4.82. The molecular formula is C19H37NO. The van der Waals surface area contributed by atoms with E-state index in [1.165, 1.54) is 64.3 Å². The first kappa shape index (κ1) is 17.3. The number of ether oxygens (including phenoxy) is 1. The minimum absolute atomic E-state index is 0.586. The molecule has 0 aromatic heterocycles. The van der Waals surface area contributed by atoms with Gasteiger partial charge in [-0.25, -0.2) is 0 Å². The molecule has 1 aliphatic heterocycles. The van der Waals surface area contributed by atoms with Gasteiger partial charge >= 0.3 is 0 Å². The first-order valence-corrected chi connectivity index (χ1v) is 9.54. The van der Waals surface area contributed by atoms with E-state index in [0.29, 0.717) is 12.1 Å². The minimum atomic E-state index is 0.586. The monoisotopic (exact) mass is 295 g/mol. The lowest BCUT2D eigenvalue weighted by molar-refractivity contribution is 0.0952. The Balaban J connectivity index is 1.74. The Labute approximate surface area is 132 Å². The molecule has 4 atom stereocenters. The molecule has 1 aliphatic carbocycles. The van der Waals surface area contributed by atoms with Gasteiger partial charge in [-0.3, -0.25) is 0 Å². The highest BCUT2D eigenvalue weighted by atomic mass is 16.5. The summed E-state index contributed by atoms with van der Waals surface area (Å²) in [6, 6.07) is 0.626. The fourth-order valence-corrected chi connectivity index (χ4v) is 4.28. The molecule has 2 fully saturated rings. The van der Waals surface area contributed by atoms with E-state index in [9.17, 15) is 0 Å². The number of nitrogens with one attached hydrogen (secondary N) is 1. The molecule has 0 bridgehead atoms. The van der Waals surface area contributed by atoms with Crippen LogP contribution in [0.5, 0.6) is 0 Å². The van der Waals surface area contributed by atoms with Gasteiger partial charge in [0.2, 0.25) is 0 Å². The summed E-state index contributed by atoms with van der Waals surface area (Å²) in [6.07, 6.45) is 13.1. The van der Waals surface area contributed by atoms with Crippen LogP contribution < -0.4 is 5.32 Å². The van der Waals surface area contributed by atoms with Crippen LogP contribution in [0.4, 0.5) is 0 Å². The molecule has 1 saturated heterocycles. The second-order valence-electron chi connectivity index (χ2n) is 7.74. The fraction of sp³-hybridized carbons (Fsp3) is 1.00. The Hall–Kier alpha value is -0.0800. The SMILES string of the molecule is CCC1CCC(CNC(C)C)C(CCCC2CCCO2)C1. The van der Waals surface area contributed by atoms with Crippen LogP contribution in [0.1, 0.15) is 78.6 Å². The quantitative estimate of drug-likeness (QED) is 0.696. The molecule has 1 heterocycles. The molecule has 2 heteroatoms. The van der Waals surface area contributed by atoms with Gasteiger partial charge in [0.15, 0.2) is 0 Å². The molecule has 0 spiro atoms. The molecule has 0 aromatic carbocycles. The zero-order chi connectivity index (χ0) is 15.1. The van der Waals surface area contributed by atoms with Crippen LogP contribution in [0.2, 0.25) is 0 Å². The number of hydrogen-bond donors (Lipinski definition) is 1. The van der Waals surface area contributed by atoms with E-state index in [1.807, 2.05) is 0 Å². The number of hydrogen-bond acceptors (Lipinski definition) is 2. The molecule has 124 valence electrons. The topological polar surface area (TPSA) is 21.3 Å². The highest BCUT2D eigenvalue weighted by Crippen LogP contribution is 2.38. The lowest BCUT2D eigenvalue weighted by atomic mass is 9.71. The van der Waals surface area contributed by atoms with Gasteiger partial charge in [0, 0.05) is 12.6 Å². The smallest absolute Gasteiger partial charge is 0.0576 e. The maximum atomic E-state index is 5.78. The molecule has 2 rings (SSSR count). The van der Waals surface area contributed by atoms with E-state index < -0.39 is 0 Å². The standard InChI is InChI=1S/C19H37NO/c1-4-16-10-11-18(14-20-15(2)3)17(13-16)7-5-8-19-9-6-12-21-19/h15-20H,4-14H2,1-3H3. The van der Waals surface area contributed by atoms with Crippen molar-refractivity contribution < 1.29 is 4.74 Å². The van der Waals surface area contributed by atoms with Crippen LogP contribution in [0.25, 0.3) is 0 Å². The van der Waals surface area contributed by atoms with Gasteiger partial charge in [-0.05, 0) is 56.4 Å². The van der Waals surface area contributed by atoms with Crippen molar-refractivity contribution in [2.75, 3.05) is 13.2 Å². The summed E-state index contributed by atoms with van der Waals surface area (Å²) < 4.78 is 5.78. The van der Waals surface area contributed by atoms with Crippen molar-refractivity contribution in [2.24, 2.45) is 17.8 Å². The van der Waals surface area contributed by atoms with Crippen LogP contribution >= 0.6 is 0 Å². The molecule has 4 unspecified atom stereocenters. The second-order valence-corrected chi connectivity index (χ2v) is 7.74. The summed E-state index contributed by atoms with van der Waals surface area (Å²) in [5.41, 5.74) is 0. The Kier molecular flexibility index (Phi) is 7.53. The van der Waals surface area contributed by atoms with Crippen LogP contribution in [-0.4, -0.2) is 25.3 Å². The van der Waals surface area contributed by atoms with E-state index in [-0.39, 0.29) is 0 Å². The predicted octanol–water partition coefficient (Wildman–Crippen LogP) is 4.78. The van der Waals surface area contributed by atoms with Gasteiger partial charge in [-0.2, -0.15) is 0 Å². The summed E-state index contributed by atoms with van der Waals surface area (Å²) in [5.74, 6) is 2.86. The Bertz CT molecular complexity index is 273. The van der Waals surface area contributed by atoms with E-state index in [1.54, 1.807) is 0 Å². The van der Waals surface area contributed by atoms with E-state index in [2.05, 4.69) is 26.1 Å². The average Bonchev–Trinajstić information content (AvgIpc) is 2.99. The highest BCUT2D eigenvalue weighted by Gasteiger charge is 2.29. The molecule has 0 amide bonds. The third-order valence-electron chi connectivity index (χ3n) is 5.74. The van der Waals surface area contributed by atoms with Gasteiger partial charge in [0.25, 0.3) is 0 Å². The maximum absolute atomic E-state index is 5.78. The van der Waals surface area contributed by atoms with E-state index in [0.717, 1.165) is 24.4 Å². The Morgan fingerprint density at radius 1 is 1.10 bits per heavy atom. The summed E-state index contributed by atoms with van der Waals surface area (Å²) >= 11 is 0. The predicted molar refractivity (Wildman–Crippen MR) is 90.6 cm³/mol. The second kappa shape index (κ2) is 9.15. The molecule has 1 N–H and O–H groups in total. The summed E-state index contributed by atoms with van der Waals surface area (Å²) in [5, 5.41) is 3.68. The van der Waals surface area contributed by atoms with Gasteiger partial charge in [0.05, 0.1) is 6.10 Å². The summed E-state index contributed by atoms with van der Waals surface area (Å²) in [6.45, 7) is 9.15. The van der Waals surface area contributed by atoms with Crippen molar-refractivity contribution >= 4 is 0 Å². The Morgan fingerprint density at radius 2 is 1.95 bits per heavy atom. The molecule has 2 aliphatic rings. The van der Waals surface area contributed by atoms with Crippen molar-refractivity contribution in [3.8, 4) is 0 Å². The molecular weight excluding hydrogens is 258 g/mol. The molecule has 1 saturated carbocycles. The first-order chi connectivity index (χ1) is 10.2. The van der Waals surface area contributed by atoms with Gasteiger partial charge in [-0.1, -0.05) is 46.5 Å². The number of rotatable bonds is 8. The van der Waals surface area contributed by atoms with Gasteiger partial charge < -0.3 is 10.1 Å². The summed E-state index contributed by atoms with van der Waals surface area (Å²) in [7, 11) is 0. The minimum Gasteiger partial charge on any atom is -0.378 e. The molecule has 0 aromatic rings. The summed E-state index contributed by atoms with van der Waals surface area (Å²) in [4.78, 5) is 0.